The summed E-state index contributed by atoms with van der Waals surface area (Å²) in [5.41, 5.74) is 1.32. The standard InChI is InChI=1S/C14H30N2O2/c1-13(11-15-14(2,3)4)12-16(7-9-17-5)8-10-18-6/h15H,1,7-12H2,2-6H3. The Morgan fingerprint density at radius 1 is 1.11 bits per heavy atom. The highest BCUT2D eigenvalue weighted by atomic mass is 16.5. The van der Waals surface area contributed by atoms with Crippen LogP contribution in [0.25, 0.3) is 0 Å². The van der Waals surface area contributed by atoms with Crippen LogP contribution in [0.1, 0.15) is 20.8 Å². The van der Waals surface area contributed by atoms with Gasteiger partial charge in [0.1, 0.15) is 0 Å². The summed E-state index contributed by atoms with van der Waals surface area (Å²) in [6.45, 7) is 15.6. The second kappa shape index (κ2) is 9.50. The summed E-state index contributed by atoms with van der Waals surface area (Å²) in [6.07, 6.45) is 0. The zero-order valence-electron chi connectivity index (χ0n) is 12.7. The van der Waals surface area contributed by atoms with Crippen LogP contribution >= 0.6 is 0 Å². The van der Waals surface area contributed by atoms with E-state index in [1.54, 1.807) is 14.2 Å². The fraction of sp³-hybridized carbons (Fsp3) is 0.857. The van der Waals surface area contributed by atoms with Crippen molar-refractivity contribution in [3.63, 3.8) is 0 Å². The molecule has 0 amide bonds. The van der Waals surface area contributed by atoms with E-state index in [1.807, 2.05) is 0 Å². The summed E-state index contributed by atoms with van der Waals surface area (Å²) in [4.78, 5) is 2.31. The molecule has 0 fully saturated rings. The van der Waals surface area contributed by atoms with Gasteiger partial charge in [0.25, 0.3) is 0 Å². The van der Waals surface area contributed by atoms with Crippen LogP contribution in [0.15, 0.2) is 12.2 Å². The van der Waals surface area contributed by atoms with Crippen molar-refractivity contribution >= 4 is 0 Å². The molecule has 0 bridgehead atoms. The molecule has 0 rings (SSSR count). The largest absolute Gasteiger partial charge is 0.383 e. The van der Waals surface area contributed by atoms with Gasteiger partial charge in [0.15, 0.2) is 0 Å². The van der Waals surface area contributed by atoms with Crippen molar-refractivity contribution in [3.05, 3.63) is 12.2 Å². The van der Waals surface area contributed by atoms with Crippen molar-refractivity contribution in [2.24, 2.45) is 0 Å². The maximum Gasteiger partial charge on any atom is 0.0589 e. The third-order valence-electron chi connectivity index (χ3n) is 2.54. The first-order chi connectivity index (χ1) is 8.39. The molecule has 4 heteroatoms. The maximum absolute atomic E-state index is 5.12. The lowest BCUT2D eigenvalue weighted by Crippen LogP contribution is -2.39. The zero-order valence-corrected chi connectivity index (χ0v) is 12.7. The molecular weight excluding hydrogens is 228 g/mol. The predicted octanol–water partition coefficient (Wildman–Crippen LogP) is 1.53. The number of hydrogen-bond donors (Lipinski definition) is 1. The third kappa shape index (κ3) is 10.7. The zero-order chi connectivity index (χ0) is 14.0. The van der Waals surface area contributed by atoms with E-state index < -0.39 is 0 Å². The molecule has 0 aromatic heterocycles. The number of hydrogen-bond acceptors (Lipinski definition) is 4. The molecule has 0 saturated heterocycles. The first-order valence-corrected chi connectivity index (χ1v) is 6.51. The average Bonchev–Trinajstić information content (AvgIpc) is 2.29. The van der Waals surface area contributed by atoms with Gasteiger partial charge < -0.3 is 14.8 Å². The van der Waals surface area contributed by atoms with Crippen molar-refractivity contribution < 1.29 is 9.47 Å². The topological polar surface area (TPSA) is 33.7 Å². The molecule has 0 aliphatic heterocycles. The van der Waals surface area contributed by atoms with Crippen molar-refractivity contribution in [2.75, 3.05) is 53.6 Å². The van der Waals surface area contributed by atoms with Crippen LogP contribution in [0, 0.1) is 0 Å². The first-order valence-electron chi connectivity index (χ1n) is 6.51. The lowest BCUT2D eigenvalue weighted by Gasteiger charge is -2.25. The lowest BCUT2D eigenvalue weighted by molar-refractivity contribution is 0.119. The SMILES string of the molecule is C=C(CNC(C)(C)C)CN(CCOC)CCOC. The second-order valence-corrected chi connectivity index (χ2v) is 5.62. The van der Waals surface area contributed by atoms with Crippen molar-refractivity contribution in [3.8, 4) is 0 Å². The highest BCUT2D eigenvalue weighted by molar-refractivity contribution is 5.01. The van der Waals surface area contributed by atoms with Crippen LogP contribution < -0.4 is 5.32 Å². The van der Waals surface area contributed by atoms with Gasteiger partial charge in [-0.05, 0) is 26.3 Å². The Hall–Kier alpha value is -0.420. The van der Waals surface area contributed by atoms with Gasteiger partial charge in [0, 0.05) is 45.9 Å². The first kappa shape index (κ1) is 17.6. The number of methoxy groups -OCH3 is 2. The van der Waals surface area contributed by atoms with Gasteiger partial charge in [-0.2, -0.15) is 0 Å². The summed E-state index contributed by atoms with van der Waals surface area (Å²) in [6, 6.07) is 0. The monoisotopic (exact) mass is 258 g/mol. The van der Waals surface area contributed by atoms with E-state index >= 15 is 0 Å². The fourth-order valence-electron chi connectivity index (χ4n) is 1.47. The Kier molecular flexibility index (Phi) is 9.28. The van der Waals surface area contributed by atoms with Gasteiger partial charge in [-0.3, -0.25) is 4.90 Å². The van der Waals surface area contributed by atoms with Gasteiger partial charge in [0.05, 0.1) is 13.2 Å². The Labute approximate surface area is 112 Å². The Morgan fingerprint density at radius 3 is 2.00 bits per heavy atom. The van der Waals surface area contributed by atoms with Gasteiger partial charge in [0.2, 0.25) is 0 Å². The molecule has 0 spiro atoms. The Bertz CT molecular complexity index is 216. The summed E-state index contributed by atoms with van der Waals surface area (Å²) >= 11 is 0. The fourth-order valence-corrected chi connectivity index (χ4v) is 1.47. The van der Waals surface area contributed by atoms with Gasteiger partial charge in [-0.1, -0.05) is 6.58 Å². The van der Waals surface area contributed by atoms with Crippen LogP contribution in [0.3, 0.4) is 0 Å². The Balaban J connectivity index is 4.00. The van der Waals surface area contributed by atoms with Gasteiger partial charge in [-0.25, -0.2) is 0 Å². The molecule has 18 heavy (non-hydrogen) atoms. The molecule has 0 radical (unpaired) electrons. The Morgan fingerprint density at radius 2 is 1.61 bits per heavy atom. The molecule has 0 atom stereocenters. The quantitative estimate of drug-likeness (QED) is 0.603. The van der Waals surface area contributed by atoms with E-state index in [1.165, 1.54) is 5.57 Å². The van der Waals surface area contributed by atoms with Crippen LogP contribution in [-0.2, 0) is 9.47 Å². The highest BCUT2D eigenvalue weighted by Crippen LogP contribution is 2.02. The molecule has 0 unspecified atom stereocenters. The minimum atomic E-state index is 0.132. The molecule has 0 aromatic rings. The molecule has 0 aliphatic carbocycles. The summed E-state index contributed by atoms with van der Waals surface area (Å²) < 4.78 is 10.2. The lowest BCUT2D eigenvalue weighted by atomic mass is 10.1. The van der Waals surface area contributed by atoms with Crippen LogP contribution in [0.2, 0.25) is 0 Å². The minimum Gasteiger partial charge on any atom is -0.383 e. The molecule has 0 aliphatic rings. The molecule has 0 saturated carbocycles. The van der Waals surface area contributed by atoms with Crippen molar-refractivity contribution in [1.29, 1.82) is 0 Å². The number of rotatable bonds is 10. The maximum atomic E-state index is 5.12. The summed E-state index contributed by atoms with van der Waals surface area (Å²) in [7, 11) is 3.45. The van der Waals surface area contributed by atoms with Gasteiger partial charge >= 0.3 is 0 Å². The van der Waals surface area contributed by atoms with E-state index in [0.717, 1.165) is 39.4 Å². The normalized spacial score (nSPS) is 12.1. The molecule has 4 nitrogen and oxygen atoms in total. The van der Waals surface area contributed by atoms with Crippen LogP contribution in [0.5, 0.6) is 0 Å². The minimum absolute atomic E-state index is 0.132. The van der Waals surface area contributed by atoms with Crippen molar-refractivity contribution in [1.82, 2.24) is 10.2 Å². The predicted molar refractivity (Wildman–Crippen MR) is 77.1 cm³/mol. The number of nitrogens with zero attached hydrogens (tertiary/aromatic N) is 1. The third-order valence-corrected chi connectivity index (χ3v) is 2.54. The number of ether oxygens (including phenoxy) is 2. The van der Waals surface area contributed by atoms with Crippen LogP contribution in [0.4, 0.5) is 0 Å². The van der Waals surface area contributed by atoms with Gasteiger partial charge in [-0.15, -0.1) is 0 Å². The van der Waals surface area contributed by atoms with E-state index in [4.69, 9.17) is 9.47 Å². The molecule has 0 heterocycles. The van der Waals surface area contributed by atoms with Crippen molar-refractivity contribution in [2.45, 2.75) is 26.3 Å². The molecular formula is C14H30N2O2. The molecule has 1 N–H and O–H groups in total. The van der Waals surface area contributed by atoms with E-state index in [2.05, 4.69) is 37.6 Å². The molecule has 108 valence electrons. The second-order valence-electron chi connectivity index (χ2n) is 5.62. The molecule has 0 aromatic carbocycles. The average molecular weight is 258 g/mol. The summed E-state index contributed by atoms with van der Waals surface area (Å²) in [5.74, 6) is 0. The highest BCUT2D eigenvalue weighted by Gasteiger charge is 2.11. The van der Waals surface area contributed by atoms with E-state index in [0.29, 0.717) is 0 Å². The number of nitrogens with one attached hydrogen (secondary N) is 1. The van der Waals surface area contributed by atoms with E-state index in [9.17, 15) is 0 Å². The smallest absolute Gasteiger partial charge is 0.0589 e. The van der Waals surface area contributed by atoms with Crippen LogP contribution in [-0.4, -0.2) is 64.1 Å². The summed E-state index contributed by atoms with van der Waals surface area (Å²) in [5, 5.41) is 3.45. The van der Waals surface area contributed by atoms with E-state index in [-0.39, 0.29) is 5.54 Å².